The molecule has 0 heterocycles. The Morgan fingerprint density at radius 3 is 2.29 bits per heavy atom. The van der Waals surface area contributed by atoms with Crippen LogP contribution in [-0.2, 0) is 22.4 Å². The van der Waals surface area contributed by atoms with E-state index in [2.05, 4.69) is 22.3 Å². The van der Waals surface area contributed by atoms with Crippen molar-refractivity contribution >= 4 is 11.7 Å². The minimum Gasteiger partial charge on any atom is -0.484 e. The summed E-state index contributed by atoms with van der Waals surface area (Å²) in [6.07, 6.45) is 2.14. The highest BCUT2D eigenvalue weighted by Gasteiger charge is 2.14. The van der Waals surface area contributed by atoms with Crippen LogP contribution in [0.1, 0.15) is 24.5 Å². The van der Waals surface area contributed by atoms with Crippen LogP contribution in [0, 0.1) is 0 Å². The zero-order valence-electron chi connectivity index (χ0n) is 17.0. The number of ether oxygens (including phenoxy) is 1. The summed E-state index contributed by atoms with van der Waals surface area (Å²) in [5.74, 6) is 0.691. The molecule has 0 saturated heterocycles. The van der Waals surface area contributed by atoms with Gasteiger partial charge in [-0.05, 0) is 57.1 Å². The summed E-state index contributed by atoms with van der Waals surface area (Å²) in [7, 11) is 4.04. The van der Waals surface area contributed by atoms with Crippen molar-refractivity contribution < 1.29 is 14.3 Å². The molecule has 0 spiro atoms. The lowest BCUT2D eigenvalue weighted by atomic mass is 10.1. The number of likely N-dealkylation sites (N-methyl/N-ethyl adjacent to an activating group) is 1. The van der Waals surface area contributed by atoms with Gasteiger partial charge in [0.15, 0.2) is 6.61 Å². The molecule has 0 bridgehead atoms. The van der Waals surface area contributed by atoms with Crippen LogP contribution in [0.4, 0.5) is 0 Å². The number of nitrogens with zero attached hydrogens (tertiary/aromatic N) is 1. The van der Waals surface area contributed by atoms with E-state index < -0.39 is 0 Å². The monoisotopic (exact) mass is 382 g/mol. The Morgan fingerprint density at radius 2 is 1.68 bits per heavy atom. The summed E-state index contributed by atoms with van der Waals surface area (Å²) in [6.45, 7) is 2.14. The Hall–Kier alpha value is -2.66. The zero-order chi connectivity index (χ0) is 20.4. The van der Waals surface area contributed by atoms with Gasteiger partial charge in [0.25, 0.3) is 5.91 Å². The minimum absolute atomic E-state index is 0.0156. The van der Waals surface area contributed by atoms with Crippen LogP contribution in [0.15, 0.2) is 54.6 Å². The van der Waals surface area contributed by atoms with Crippen LogP contribution < -0.4 is 10.1 Å². The van der Waals surface area contributed by atoms with Crippen LogP contribution in [0.3, 0.4) is 0 Å². The van der Waals surface area contributed by atoms with E-state index in [1.165, 1.54) is 5.56 Å². The molecule has 0 aliphatic carbocycles. The second kappa shape index (κ2) is 11.2. The van der Waals surface area contributed by atoms with E-state index in [4.69, 9.17) is 4.74 Å². The quantitative estimate of drug-likeness (QED) is 0.649. The van der Waals surface area contributed by atoms with Gasteiger partial charge in [0.1, 0.15) is 11.5 Å². The molecular weight excluding hydrogens is 352 g/mol. The number of aryl methyl sites for hydroxylation is 1. The Balaban J connectivity index is 1.75. The lowest BCUT2D eigenvalue weighted by Gasteiger charge is -2.24. The molecule has 28 heavy (non-hydrogen) atoms. The lowest BCUT2D eigenvalue weighted by molar-refractivity contribution is -0.123. The number of rotatable bonds is 11. The molecule has 150 valence electrons. The Kier molecular flexibility index (Phi) is 8.69. The fourth-order valence-electron chi connectivity index (χ4n) is 2.83. The van der Waals surface area contributed by atoms with Gasteiger partial charge in [0, 0.05) is 19.0 Å². The molecule has 0 aliphatic rings. The van der Waals surface area contributed by atoms with Gasteiger partial charge >= 0.3 is 0 Å². The van der Waals surface area contributed by atoms with Crippen molar-refractivity contribution in [2.45, 2.75) is 32.2 Å². The number of carbonyl (C=O) groups is 2. The first-order valence-corrected chi connectivity index (χ1v) is 9.62. The van der Waals surface area contributed by atoms with E-state index in [0.29, 0.717) is 18.7 Å². The molecule has 2 aromatic rings. The summed E-state index contributed by atoms with van der Waals surface area (Å²) < 4.78 is 5.57. The summed E-state index contributed by atoms with van der Waals surface area (Å²) >= 11 is 0. The highest BCUT2D eigenvalue weighted by molar-refractivity contribution is 5.77. The molecule has 1 N–H and O–H groups in total. The topological polar surface area (TPSA) is 58.6 Å². The van der Waals surface area contributed by atoms with Gasteiger partial charge in [0.2, 0.25) is 0 Å². The van der Waals surface area contributed by atoms with Crippen molar-refractivity contribution in [2.24, 2.45) is 0 Å². The van der Waals surface area contributed by atoms with Gasteiger partial charge in [-0.2, -0.15) is 0 Å². The molecule has 2 aromatic carbocycles. The van der Waals surface area contributed by atoms with Crippen LogP contribution >= 0.6 is 0 Å². The number of hydrogen-bond donors (Lipinski definition) is 1. The van der Waals surface area contributed by atoms with Gasteiger partial charge in [-0.15, -0.1) is 0 Å². The first-order chi connectivity index (χ1) is 13.4. The third kappa shape index (κ3) is 7.92. The number of Topliss-reactive ketones (excluding diaryl/α,β-unsaturated/α-hetero) is 1. The highest BCUT2D eigenvalue weighted by Crippen LogP contribution is 2.13. The van der Waals surface area contributed by atoms with E-state index in [0.717, 1.165) is 18.4 Å². The van der Waals surface area contributed by atoms with Crippen molar-refractivity contribution in [3.05, 3.63) is 65.7 Å². The van der Waals surface area contributed by atoms with Crippen molar-refractivity contribution in [2.75, 3.05) is 27.2 Å². The fraction of sp³-hybridized carbons (Fsp3) is 0.391. The first-order valence-electron chi connectivity index (χ1n) is 9.62. The second-order valence-corrected chi connectivity index (χ2v) is 7.25. The number of benzene rings is 2. The molecule has 2 rings (SSSR count). The normalized spacial score (nSPS) is 11.9. The first kappa shape index (κ1) is 21.6. The molecule has 0 fully saturated rings. The summed E-state index contributed by atoms with van der Waals surface area (Å²) in [5.41, 5.74) is 2.33. The summed E-state index contributed by atoms with van der Waals surface area (Å²) in [5, 5.41) is 2.96. The molecule has 0 saturated carbocycles. The van der Waals surface area contributed by atoms with E-state index in [1.807, 2.05) is 56.6 Å². The van der Waals surface area contributed by atoms with Crippen LogP contribution in [0.2, 0.25) is 0 Å². The number of ketones is 1. The summed E-state index contributed by atoms with van der Waals surface area (Å²) in [4.78, 5) is 25.3. The molecular formula is C23H30N2O3. The van der Waals surface area contributed by atoms with E-state index in [1.54, 1.807) is 6.92 Å². The maximum atomic E-state index is 12.1. The molecule has 1 atom stereocenters. The van der Waals surface area contributed by atoms with Crippen LogP contribution in [0.25, 0.3) is 0 Å². The number of amides is 1. The largest absolute Gasteiger partial charge is 0.484 e. The van der Waals surface area contributed by atoms with Crippen LogP contribution in [0.5, 0.6) is 5.75 Å². The summed E-state index contributed by atoms with van der Waals surface area (Å²) in [6, 6.07) is 18.0. The second-order valence-electron chi connectivity index (χ2n) is 7.25. The SMILES string of the molecule is CC(=O)CCc1ccc(OCC(=O)NCC(Cc2ccccc2)N(C)C)cc1. The molecule has 0 radical (unpaired) electrons. The molecule has 5 nitrogen and oxygen atoms in total. The van der Waals surface area contributed by atoms with E-state index in [9.17, 15) is 9.59 Å². The molecule has 1 amide bonds. The molecule has 0 aromatic heterocycles. The predicted octanol–water partition coefficient (Wildman–Crippen LogP) is 2.88. The fourth-order valence-corrected chi connectivity index (χ4v) is 2.83. The van der Waals surface area contributed by atoms with Crippen molar-refractivity contribution in [1.29, 1.82) is 0 Å². The third-order valence-electron chi connectivity index (χ3n) is 4.64. The zero-order valence-corrected chi connectivity index (χ0v) is 17.0. The molecule has 0 aliphatic heterocycles. The van der Waals surface area contributed by atoms with Gasteiger partial charge in [-0.3, -0.25) is 4.79 Å². The van der Waals surface area contributed by atoms with E-state index in [-0.39, 0.29) is 24.3 Å². The van der Waals surface area contributed by atoms with Gasteiger partial charge in [-0.25, -0.2) is 0 Å². The maximum Gasteiger partial charge on any atom is 0.257 e. The van der Waals surface area contributed by atoms with Crippen molar-refractivity contribution in [1.82, 2.24) is 10.2 Å². The van der Waals surface area contributed by atoms with Crippen LogP contribution in [-0.4, -0.2) is 49.9 Å². The average Bonchev–Trinajstić information content (AvgIpc) is 2.69. The smallest absolute Gasteiger partial charge is 0.257 e. The molecule has 5 heteroatoms. The van der Waals surface area contributed by atoms with Gasteiger partial charge in [-0.1, -0.05) is 42.5 Å². The maximum absolute atomic E-state index is 12.1. The van der Waals surface area contributed by atoms with E-state index >= 15 is 0 Å². The standard InChI is InChI=1S/C23H30N2O3/c1-18(26)9-10-19-11-13-22(14-12-19)28-17-23(27)24-16-21(25(2)3)15-20-7-5-4-6-8-20/h4-8,11-14,21H,9-10,15-17H2,1-3H3,(H,24,27). The number of carbonyl (C=O) groups excluding carboxylic acids is 2. The highest BCUT2D eigenvalue weighted by atomic mass is 16.5. The average molecular weight is 383 g/mol. The lowest BCUT2D eigenvalue weighted by Crippen LogP contribution is -2.42. The predicted molar refractivity (Wildman–Crippen MR) is 112 cm³/mol. The Bertz CT molecular complexity index is 742. The Morgan fingerprint density at radius 1 is 1.00 bits per heavy atom. The number of hydrogen-bond acceptors (Lipinski definition) is 4. The molecule has 1 unspecified atom stereocenters. The number of nitrogens with one attached hydrogen (secondary N) is 1. The van der Waals surface area contributed by atoms with Gasteiger partial charge < -0.3 is 19.7 Å². The van der Waals surface area contributed by atoms with Gasteiger partial charge in [0.05, 0.1) is 0 Å². The minimum atomic E-state index is -0.138. The van der Waals surface area contributed by atoms with Crippen molar-refractivity contribution in [3.63, 3.8) is 0 Å². The Labute approximate surface area is 167 Å². The van der Waals surface area contributed by atoms with Crippen molar-refractivity contribution in [3.8, 4) is 5.75 Å². The third-order valence-corrected chi connectivity index (χ3v) is 4.64.